The lowest BCUT2D eigenvalue weighted by atomic mass is 10.3. The SMILES string of the molecule is CCCCN(C)CC(=O)Nc1cccc(SC)c1. The molecule has 1 aromatic rings. The van der Waals surface area contributed by atoms with Crippen LogP contribution in [0, 0.1) is 0 Å². The molecule has 0 heterocycles. The van der Waals surface area contributed by atoms with Crippen LogP contribution in [-0.2, 0) is 4.79 Å². The van der Waals surface area contributed by atoms with Gasteiger partial charge in [0.25, 0.3) is 0 Å². The monoisotopic (exact) mass is 266 g/mol. The first-order valence-electron chi connectivity index (χ1n) is 6.28. The summed E-state index contributed by atoms with van der Waals surface area (Å²) in [5.41, 5.74) is 0.871. The predicted molar refractivity (Wildman–Crippen MR) is 79.3 cm³/mol. The Kier molecular flexibility index (Phi) is 6.83. The fourth-order valence-electron chi connectivity index (χ4n) is 1.65. The van der Waals surface area contributed by atoms with Gasteiger partial charge in [0.15, 0.2) is 0 Å². The van der Waals surface area contributed by atoms with Crippen molar-refractivity contribution >= 4 is 23.4 Å². The molecule has 1 rings (SSSR count). The van der Waals surface area contributed by atoms with Crippen molar-refractivity contribution in [1.82, 2.24) is 4.90 Å². The number of thioether (sulfide) groups is 1. The molecule has 0 saturated heterocycles. The number of amides is 1. The number of anilines is 1. The van der Waals surface area contributed by atoms with Crippen LogP contribution in [0.1, 0.15) is 19.8 Å². The van der Waals surface area contributed by atoms with E-state index in [2.05, 4.69) is 17.1 Å². The Bertz CT molecular complexity index is 382. The molecule has 4 heteroatoms. The molecule has 0 atom stereocenters. The molecular formula is C14H22N2OS. The highest BCUT2D eigenvalue weighted by atomic mass is 32.2. The van der Waals surface area contributed by atoms with Crippen molar-refractivity contribution in [2.24, 2.45) is 0 Å². The van der Waals surface area contributed by atoms with Crippen molar-refractivity contribution in [3.63, 3.8) is 0 Å². The highest BCUT2D eigenvalue weighted by molar-refractivity contribution is 7.98. The minimum Gasteiger partial charge on any atom is -0.325 e. The van der Waals surface area contributed by atoms with Gasteiger partial charge in [-0.3, -0.25) is 9.69 Å². The average molecular weight is 266 g/mol. The molecule has 18 heavy (non-hydrogen) atoms. The fraction of sp³-hybridized carbons (Fsp3) is 0.500. The van der Waals surface area contributed by atoms with Gasteiger partial charge in [0.2, 0.25) is 5.91 Å². The van der Waals surface area contributed by atoms with Crippen LogP contribution in [0.3, 0.4) is 0 Å². The first-order chi connectivity index (χ1) is 8.65. The van der Waals surface area contributed by atoms with Crippen molar-refractivity contribution in [2.45, 2.75) is 24.7 Å². The molecule has 100 valence electrons. The lowest BCUT2D eigenvalue weighted by molar-refractivity contribution is -0.117. The Labute approximate surface area is 114 Å². The molecule has 0 aromatic heterocycles. The second-order valence-electron chi connectivity index (χ2n) is 4.37. The number of rotatable bonds is 7. The molecule has 0 radical (unpaired) electrons. The van der Waals surface area contributed by atoms with Crippen LogP contribution >= 0.6 is 11.8 Å². The predicted octanol–water partition coefficient (Wildman–Crippen LogP) is 3.08. The summed E-state index contributed by atoms with van der Waals surface area (Å²) in [6, 6.07) is 7.91. The fourth-order valence-corrected chi connectivity index (χ4v) is 2.11. The van der Waals surface area contributed by atoms with E-state index < -0.39 is 0 Å². The quantitative estimate of drug-likeness (QED) is 0.770. The third-order valence-corrected chi connectivity index (χ3v) is 3.39. The number of carbonyl (C=O) groups excluding carboxylic acids is 1. The third kappa shape index (κ3) is 5.56. The lowest BCUT2D eigenvalue weighted by Crippen LogP contribution is -2.30. The highest BCUT2D eigenvalue weighted by Crippen LogP contribution is 2.18. The minimum atomic E-state index is 0.0480. The van der Waals surface area contributed by atoms with E-state index in [1.165, 1.54) is 0 Å². The maximum atomic E-state index is 11.8. The number of benzene rings is 1. The summed E-state index contributed by atoms with van der Waals surface area (Å²) in [5.74, 6) is 0.0480. The average Bonchev–Trinajstić information content (AvgIpc) is 2.36. The van der Waals surface area contributed by atoms with E-state index in [1.807, 2.05) is 37.6 Å². The maximum absolute atomic E-state index is 11.8. The molecule has 0 aliphatic heterocycles. The second kappa shape index (κ2) is 8.16. The van der Waals surface area contributed by atoms with Gasteiger partial charge in [-0.05, 0) is 44.5 Å². The van der Waals surface area contributed by atoms with E-state index in [0.717, 1.165) is 30.0 Å². The number of hydrogen-bond acceptors (Lipinski definition) is 3. The number of likely N-dealkylation sites (N-methyl/N-ethyl adjacent to an activating group) is 1. The van der Waals surface area contributed by atoms with Gasteiger partial charge in [-0.1, -0.05) is 19.4 Å². The van der Waals surface area contributed by atoms with Gasteiger partial charge in [0.1, 0.15) is 0 Å². The Morgan fingerprint density at radius 1 is 1.44 bits per heavy atom. The first-order valence-corrected chi connectivity index (χ1v) is 7.50. The van der Waals surface area contributed by atoms with Gasteiger partial charge in [-0.2, -0.15) is 0 Å². The molecule has 0 saturated carbocycles. The Morgan fingerprint density at radius 2 is 2.22 bits per heavy atom. The van der Waals surface area contributed by atoms with Crippen LogP contribution in [0.4, 0.5) is 5.69 Å². The molecule has 1 N–H and O–H groups in total. The second-order valence-corrected chi connectivity index (χ2v) is 5.25. The summed E-state index contributed by atoms with van der Waals surface area (Å²) in [7, 11) is 1.98. The highest BCUT2D eigenvalue weighted by Gasteiger charge is 2.06. The topological polar surface area (TPSA) is 32.3 Å². The summed E-state index contributed by atoms with van der Waals surface area (Å²) in [4.78, 5) is 15.0. The van der Waals surface area contributed by atoms with Gasteiger partial charge in [-0.25, -0.2) is 0 Å². The molecule has 3 nitrogen and oxygen atoms in total. The summed E-state index contributed by atoms with van der Waals surface area (Å²) < 4.78 is 0. The van der Waals surface area contributed by atoms with E-state index in [1.54, 1.807) is 11.8 Å². The zero-order valence-electron chi connectivity index (χ0n) is 11.4. The van der Waals surface area contributed by atoms with Crippen LogP contribution in [0.5, 0.6) is 0 Å². The van der Waals surface area contributed by atoms with Crippen LogP contribution in [0.2, 0.25) is 0 Å². The first kappa shape index (κ1) is 15.1. The largest absolute Gasteiger partial charge is 0.325 e. The Balaban J connectivity index is 2.43. The van der Waals surface area contributed by atoms with Crippen molar-refractivity contribution in [3.8, 4) is 0 Å². The van der Waals surface area contributed by atoms with Crippen LogP contribution in [-0.4, -0.2) is 37.2 Å². The van der Waals surface area contributed by atoms with Crippen molar-refractivity contribution in [1.29, 1.82) is 0 Å². The van der Waals surface area contributed by atoms with Gasteiger partial charge in [-0.15, -0.1) is 11.8 Å². The summed E-state index contributed by atoms with van der Waals surface area (Å²) in [6.45, 7) is 3.57. The molecule has 0 bridgehead atoms. The molecular weight excluding hydrogens is 244 g/mol. The van der Waals surface area contributed by atoms with Crippen molar-refractivity contribution in [3.05, 3.63) is 24.3 Å². The van der Waals surface area contributed by atoms with Crippen molar-refractivity contribution in [2.75, 3.05) is 31.7 Å². The van der Waals surface area contributed by atoms with E-state index in [4.69, 9.17) is 0 Å². The van der Waals surface area contributed by atoms with Crippen LogP contribution in [0.25, 0.3) is 0 Å². The molecule has 0 aliphatic carbocycles. The number of carbonyl (C=O) groups is 1. The van der Waals surface area contributed by atoms with Crippen LogP contribution < -0.4 is 5.32 Å². The molecule has 0 aliphatic rings. The Morgan fingerprint density at radius 3 is 2.89 bits per heavy atom. The molecule has 0 unspecified atom stereocenters. The van der Waals surface area contributed by atoms with Crippen LogP contribution in [0.15, 0.2) is 29.2 Å². The number of unbranched alkanes of at least 4 members (excludes halogenated alkanes) is 1. The standard InChI is InChI=1S/C14H22N2OS/c1-4-5-9-16(2)11-14(17)15-12-7-6-8-13(10-12)18-3/h6-8,10H,4-5,9,11H2,1-3H3,(H,15,17). The normalized spacial score (nSPS) is 10.7. The van der Waals surface area contributed by atoms with E-state index in [0.29, 0.717) is 6.54 Å². The van der Waals surface area contributed by atoms with Gasteiger partial charge in [0, 0.05) is 10.6 Å². The lowest BCUT2D eigenvalue weighted by Gasteiger charge is -2.15. The van der Waals surface area contributed by atoms with Crippen molar-refractivity contribution < 1.29 is 4.79 Å². The molecule has 0 fully saturated rings. The maximum Gasteiger partial charge on any atom is 0.238 e. The van der Waals surface area contributed by atoms with Gasteiger partial charge < -0.3 is 5.32 Å². The molecule has 1 amide bonds. The molecule has 1 aromatic carbocycles. The van der Waals surface area contributed by atoms with E-state index >= 15 is 0 Å². The number of hydrogen-bond donors (Lipinski definition) is 1. The van der Waals surface area contributed by atoms with E-state index in [-0.39, 0.29) is 5.91 Å². The smallest absolute Gasteiger partial charge is 0.238 e. The minimum absolute atomic E-state index is 0.0480. The number of nitrogens with one attached hydrogen (secondary N) is 1. The summed E-state index contributed by atoms with van der Waals surface area (Å²) >= 11 is 1.67. The summed E-state index contributed by atoms with van der Waals surface area (Å²) in [6.07, 6.45) is 4.31. The summed E-state index contributed by atoms with van der Waals surface area (Å²) in [5, 5.41) is 2.93. The zero-order chi connectivity index (χ0) is 13.4. The van der Waals surface area contributed by atoms with Gasteiger partial charge in [0.05, 0.1) is 6.54 Å². The third-order valence-electron chi connectivity index (χ3n) is 2.66. The zero-order valence-corrected chi connectivity index (χ0v) is 12.2. The Hall–Kier alpha value is -1.00. The number of nitrogens with zero attached hydrogens (tertiary/aromatic N) is 1. The molecule has 0 spiro atoms. The van der Waals surface area contributed by atoms with E-state index in [9.17, 15) is 4.79 Å². The van der Waals surface area contributed by atoms with Gasteiger partial charge >= 0.3 is 0 Å².